The molecule has 6 heteroatoms. The molecule has 0 saturated carbocycles. The fourth-order valence-corrected chi connectivity index (χ4v) is 3.09. The predicted octanol–water partition coefficient (Wildman–Crippen LogP) is 4.48. The van der Waals surface area contributed by atoms with Gasteiger partial charge in [0, 0.05) is 23.8 Å². The van der Waals surface area contributed by atoms with Gasteiger partial charge in [0.25, 0.3) is 5.91 Å². The molecule has 2 heterocycles. The van der Waals surface area contributed by atoms with E-state index in [2.05, 4.69) is 32.7 Å². The minimum Gasteiger partial charge on any atom is -0.497 e. The molecule has 6 nitrogen and oxygen atoms in total. The number of nitrogens with zero attached hydrogens (tertiary/aromatic N) is 1. The number of hydrogen-bond acceptors (Lipinski definition) is 4. The number of amides is 1. The lowest BCUT2D eigenvalue weighted by molar-refractivity contribution is 0.102. The van der Waals surface area contributed by atoms with Gasteiger partial charge in [-0.25, -0.2) is 4.98 Å². The fraction of sp³-hybridized carbons (Fsp3) is 0.130. The van der Waals surface area contributed by atoms with Gasteiger partial charge in [-0.3, -0.25) is 4.79 Å². The number of aromatic amines is 1. The van der Waals surface area contributed by atoms with Crippen molar-refractivity contribution in [2.45, 2.75) is 6.42 Å². The highest BCUT2D eigenvalue weighted by Crippen LogP contribution is 2.17. The molecule has 0 atom stereocenters. The highest BCUT2D eigenvalue weighted by molar-refractivity contribution is 6.06. The summed E-state index contributed by atoms with van der Waals surface area (Å²) in [4.78, 5) is 20.0. The number of pyridine rings is 1. The standard InChI is InChI=1S/C23H22N4O2/c1-29-20-7-2-16(3-8-20)10-12-25-22-9-6-19(15-26-22)27-23(28)18-5-4-17-11-13-24-21(17)14-18/h2-9,11,13-15,24H,10,12H2,1H3,(H,25,26)(H,27,28). The van der Waals surface area contributed by atoms with Gasteiger partial charge in [-0.15, -0.1) is 0 Å². The molecule has 3 N–H and O–H groups in total. The summed E-state index contributed by atoms with van der Waals surface area (Å²) in [6.07, 6.45) is 4.39. The molecule has 0 saturated heterocycles. The number of fused-ring (bicyclic) bond motifs is 1. The van der Waals surface area contributed by atoms with E-state index < -0.39 is 0 Å². The Morgan fingerprint density at radius 3 is 2.69 bits per heavy atom. The zero-order valence-corrected chi connectivity index (χ0v) is 16.1. The number of rotatable bonds is 7. The van der Waals surface area contributed by atoms with E-state index in [1.54, 1.807) is 13.3 Å². The monoisotopic (exact) mass is 386 g/mol. The molecule has 0 fully saturated rings. The zero-order valence-electron chi connectivity index (χ0n) is 16.1. The van der Waals surface area contributed by atoms with Crippen molar-refractivity contribution in [2.75, 3.05) is 24.3 Å². The van der Waals surface area contributed by atoms with Gasteiger partial charge in [0.15, 0.2) is 0 Å². The molecule has 29 heavy (non-hydrogen) atoms. The number of hydrogen-bond donors (Lipinski definition) is 3. The summed E-state index contributed by atoms with van der Waals surface area (Å²) in [5, 5.41) is 7.25. The van der Waals surface area contributed by atoms with Crippen molar-refractivity contribution in [1.29, 1.82) is 0 Å². The number of nitrogens with one attached hydrogen (secondary N) is 3. The molecule has 0 aliphatic carbocycles. The summed E-state index contributed by atoms with van der Waals surface area (Å²) in [7, 11) is 1.66. The molecular formula is C23H22N4O2. The number of H-pyrrole nitrogens is 1. The average molecular weight is 386 g/mol. The van der Waals surface area contributed by atoms with Crippen molar-refractivity contribution in [1.82, 2.24) is 9.97 Å². The second kappa shape index (κ2) is 8.48. The van der Waals surface area contributed by atoms with Crippen molar-refractivity contribution in [3.8, 4) is 5.75 Å². The van der Waals surface area contributed by atoms with Crippen molar-refractivity contribution in [2.24, 2.45) is 0 Å². The molecule has 0 aliphatic heterocycles. The first-order valence-electron chi connectivity index (χ1n) is 9.42. The first kappa shape index (κ1) is 18.6. The third-order valence-electron chi connectivity index (χ3n) is 4.72. The van der Waals surface area contributed by atoms with Gasteiger partial charge in [0.05, 0.1) is 19.0 Å². The SMILES string of the molecule is COc1ccc(CCNc2ccc(NC(=O)c3ccc4cc[nH]c4c3)cn2)cc1. The van der Waals surface area contributed by atoms with E-state index in [9.17, 15) is 4.79 Å². The van der Waals surface area contributed by atoms with Gasteiger partial charge in [-0.1, -0.05) is 18.2 Å². The molecule has 4 aromatic rings. The van der Waals surface area contributed by atoms with Crippen LogP contribution in [-0.2, 0) is 6.42 Å². The Bertz CT molecular complexity index is 1100. The summed E-state index contributed by atoms with van der Waals surface area (Å²) < 4.78 is 5.17. The number of carbonyl (C=O) groups excluding carboxylic acids is 1. The summed E-state index contributed by atoms with van der Waals surface area (Å²) in [6.45, 7) is 0.765. The maximum absolute atomic E-state index is 12.5. The van der Waals surface area contributed by atoms with E-state index in [4.69, 9.17) is 4.74 Å². The molecule has 1 amide bonds. The van der Waals surface area contributed by atoms with Crippen molar-refractivity contribution in [3.63, 3.8) is 0 Å². The van der Waals surface area contributed by atoms with Crippen LogP contribution in [0.4, 0.5) is 11.5 Å². The second-order valence-electron chi connectivity index (χ2n) is 6.69. The molecular weight excluding hydrogens is 364 g/mol. The van der Waals surface area contributed by atoms with Gasteiger partial charge in [-0.05, 0) is 59.8 Å². The molecule has 0 spiro atoms. The average Bonchev–Trinajstić information content (AvgIpc) is 3.23. The van der Waals surface area contributed by atoms with Crippen LogP contribution in [0.2, 0.25) is 0 Å². The number of carbonyl (C=O) groups is 1. The van der Waals surface area contributed by atoms with E-state index in [1.807, 2.05) is 54.7 Å². The summed E-state index contributed by atoms with van der Waals surface area (Å²) in [5.41, 5.74) is 3.41. The lowest BCUT2D eigenvalue weighted by Gasteiger charge is -2.08. The Hall–Kier alpha value is -3.80. The number of ether oxygens (including phenoxy) is 1. The van der Waals surface area contributed by atoms with E-state index in [0.29, 0.717) is 11.3 Å². The van der Waals surface area contributed by atoms with Crippen molar-refractivity contribution < 1.29 is 9.53 Å². The van der Waals surface area contributed by atoms with Gasteiger partial charge >= 0.3 is 0 Å². The Labute approximate surface area is 168 Å². The Morgan fingerprint density at radius 1 is 1.07 bits per heavy atom. The third kappa shape index (κ3) is 4.55. The number of methoxy groups -OCH3 is 1. The minimum atomic E-state index is -0.163. The number of aromatic nitrogens is 2. The molecule has 0 unspecified atom stereocenters. The van der Waals surface area contributed by atoms with Crippen LogP contribution in [0.1, 0.15) is 15.9 Å². The smallest absolute Gasteiger partial charge is 0.255 e. The quantitative estimate of drug-likeness (QED) is 0.438. The Balaban J connectivity index is 1.30. The molecule has 0 aliphatic rings. The molecule has 2 aromatic carbocycles. The van der Waals surface area contributed by atoms with Crippen LogP contribution in [0, 0.1) is 0 Å². The lowest BCUT2D eigenvalue weighted by Crippen LogP contribution is -2.12. The van der Waals surface area contributed by atoms with Crippen LogP contribution in [0.15, 0.2) is 73.1 Å². The largest absolute Gasteiger partial charge is 0.497 e. The molecule has 2 aromatic heterocycles. The predicted molar refractivity (Wildman–Crippen MR) is 116 cm³/mol. The van der Waals surface area contributed by atoms with Crippen LogP contribution < -0.4 is 15.4 Å². The molecule has 4 rings (SSSR count). The Kier molecular flexibility index (Phi) is 5.42. The maximum atomic E-state index is 12.5. The first-order chi connectivity index (χ1) is 14.2. The van der Waals surface area contributed by atoms with Crippen LogP contribution in [0.25, 0.3) is 10.9 Å². The van der Waals surface area contributed by atoms with Crippen molar-refractivity contribution in [3.05, 3.63) is 84.2 Å². The van der Waals surface area contributed by atoms with Crippen LogP contribution in [0.5, 0.6) is 5.75 Å². The zero-order chi connectivity index (χ0) is 20.1. The summed E-state index contributed by atoms with van der Waals surface area (Å²) >= 11 is 0. The van der Waals surface area contributed by atoms with E-state index >= 15 is 0 Å². The molecule has 0 radical (unpaired) electrons. The summed E-state index contributed by atoms with van der Waals surface area (Å²) in [5.74, 6) is 1.46. The van der Waals surface area contributed by atoms with E-state index in [-0.39, 0.29) is 5.91 Å². The van der Waals surface area contributed by atoms with Crippen molar-refractivity contribution >= 4 is 28.3 Å². The summed E-state index contributed by atoms with van der Waals surface area (Å²) in [6, 6.07) is 19.3. The fourth-order valence-electron chi connectivity index (χ4n) is 3.09. The number of anilines is 2. The highest BCUT2D eigenvalue weighted by Gasteiger charge is 2.08. The van der Waals surface area contributed by atoms with Gasteiger partial charge in [0.2, 0.25) is 0 Å². The highest BCUT2D eigenvalue weighted by atomic mass is 16.5. The molecule has 146 valence electrons. The van der Waals surface area contributed by atoms with Crippen LogP contribution >= 0.6 is 0 Å². The van der Waals surface area contributed by atoms with E-state index in [1.165, 1.54) is 5.56 Å². The lowest BCUT2D eigenvalue weighted by atomic mass is 10.1. The van der Waals surface area contributed by atoms with E-state index in [0.717, 1.165) is 35.4 Å². The second-order valence-corrected chi connectivity index (χ2v) is 6.69. The van der Waals surface area contributed by atoms with Crippen LogP contribution in [0.3, 0.4) is 0 Å². The Morgan fingerprint density at radius 2 is 1.93 bits per heavy atom. The van der Waals surface area contributed by atoms with Gasteiger partial charge < -0.3 is 20.4 Å². The van der Waals surface area contributed by atoms with Gasteiger partial charge in [-0.2, -0.15) is 0 Å². The van der Waals surface area contributed by atoms with Gasteiger partial charge in [0.1, 0.15) is 11.6 Å². The third-order valence-corrected chi connectivity index (χ3v) is 4.72. The minimum absolute atomic E-state index is 0.163. The first-order valence-corrected chi connectivity index (χ1v) is 9.42. The molecule has 0 bridgehead atoms. The number of benzene rings is 2. The maximum Gasteiger partial charge on any atom is 0.255 e. The topological polar surface area (TPSA) is 79.0 Å². The normalized spacial score (nSPS) is 10.7. The van der Waals surface area contributed by atoms with Crippen LogP contribution in [-0.4, -0.2) is 29.5 Å².